The zero-order valence-corrected chi connectivity index (χ0v) is 25.8. The van der Waals surface area contributed by atoms with Crippen molar-refractivity contribution in [3.8, 4) is 0 Å². The van der Waals surface area contributed by atoms with E-state index in [1.54, 1.807) is 26.6 Å². The summed E-state index contributed by atoms with van der Waals surface area (Å²) in [5, 5.41) is 18.3. The van der Waals surface area contributed by atoms with Gasteiger partial charge < -0.3 is 24.5 Å². The van der Waals surface area contributed by atoms with Gasteiger partial charge >= 0.3 is 0 Å². The van der Waals surface area contributed by atoms with E-state index in [1.165, 1.54) is 4.90 Å². The molecule has 0 radical (unpaired) electrons. The highest BCUT2D eigenvalue weighted by atomic mass is 16.5. The Morgan fingerprint density at radius 1 is 1.09 bits per heavy atom. The van der Waals surface area contributed by atoms with Crippen molar-refractivity contribution < 1.29 is 24.2 Å². The lowest BCUT2D eigenvalue weighted by Gasteiger charge is -2.39. The van der Waals surface area contributed by atoms with Crippen molar-refractivity contribution in [1.82, 2.24) is 24.8 Å². The number of likely N-dealkylation sites (tertiary alicyclic amines) is 1. The Bertz CT molecular complexity index is 1630. The maximum absolute atomic E-state index is 14.8. The number of fused-ring (bicyclic) bond motifs is 2. The van der Waals surface area contributed by atoms with Crippen LogP contribution >= 0.6 is 0 Å². The number of hydrogen-bond acceptors (Lipinski definition) is 7. The predicted molar refractivity (Wildman–Crippen MR) is 169 cm³/mol. The van der Waals surface area contributed by atoms with E-state index in [1.807, 2.05) is 68.4 Å². The number of para-hydroxylation sites is 2. The fourth-order valence-corrected chi connectivity index (χ4v) is 7.83. The minimum absolute atomic E-state index is 0.0843. The molecule has 1 aromatic heterocycles. The topological polar surface area (TPSA) is 121 Å². The van der Waals surface area contributed by atoms with Crippen molar-refractivity contribution in [2.75, 3.05) is 31.1 Å². The van der Waals surface area contributed by atoms with Gasteiger partial charge in [0, 0.05) is 31.9 Å². The molecule has 3 amide bonds. The normalized spacial score (nSPS) is 28.3. The van der Waals surface area contributed by atoms with Crippen LogP contribution in [0, 0.1) is 17.8 Å². The molecule has 3 saturated heterocycles. The summed E-state index contributed by atoms with van der Waals surface area (Å²) in [6, 6.07) is 15.8. The Kier molecular flexibility index (Phi) is 8.09. The number of rotatable bonds is 12. The summed E-state index contributed by atoms with van der Waals surface area (Å²) in [6.07, 6.45) is 4.03. The van der Waals surface area contributed by atoms with Crippen LogP contribution in [-0.4, -0.2) is 91.1 Å². The van der Waals surface area contributed by atoms with Crippen LogP contribution < -0.4 is 4.90 Å². The summed E-state index contributed by atoms with van der Waals surface area (Å²) in [4.78, 5) is 48.6. The molecule has 236 valence electrons. The first-order chi connectivity index (χ1) is 21.7. The Balaban J connectivity index is 1.41. The van der Waals surface area contributed by atoms with Gasteiger partial charge in [-0.15, -0.1) is 18.3 Å². The first kappa shape index (κ1) is 30.7. The van der Waals surface area contributed by atoms with Gasteiger partial charge in [-0.25, -0.2) is 4.68 Å². The minimum Gasteiger partial charge on any atom is -0.396 e. The van der Waals surface area contributed by atoms with Gasteiger partial charge in [0.25, 0.3) is 0 Å². The molecule has 2 aromatic carbocycles. The van der Waals surface area contributed by atoms with E-state index in [2.05, 4.69) is 23.5 Å². The second-order valence-electron chi connectivity index (χ2n) is 12.5. The maximum atomic E-state index is 14.8. The van der Waals surface area contributed by atoms with E-state index in [-0.39, 0.29) is 63.0 Å². The molecule has 0 saturated carbocycles. The van der Waals surface area contributed by atoms with Crippen LogP contribution in [0.5, 0.6) is 0 Å². The maximum Gasteiger partial charge on any atom is 0.250 e. The summed E-state index contributed by atoms with van der Waals surface area (Å²) in [7, 11) is 0. The lowest BCUT2D eigenvalue weighted by Crippen LogP contribution is -2.57. The van der Waals surface area contributed by atoms with E-state index in [9.17, 15) is 19.5 Å². The van der Waals surface area contributed by atoms with E-state index in [0.717, 1.165) is 5.52 Å². The summed E-state index contributed by atoms with van der Waals surface area (Å²) in [5.41, 5.74) is -0.0333. The number of amides is 3. The molecule has 11 nitrogen and oxygen atoms in total. The second kappa shape index (κ2) is 11.9. The van der Waals surface area contributed by atoms with Crippen molar-refractivity contribution in [3.05, 3.63) is 79.9 Å². The van der Waals surface area contributed by atoms with Crippen LogP contribution in [0.1, 0.15) is 26.7 Å². The molecule has 3 aliphatic rings. The summed E-state index contributed by atoms with van der Waals surface area (Å²) in [5.74, 6) is -2.66. The molecule has 1 spiro atoms. The molecule has 0 aliphatic carbocycles. The zero-order chi connectivity index (χ0) is 31.9. The number of benzene rings is 2. The van der Waals surface area contributed by atoms with E-state index in [0.29, 0.717) is 17.6 Å². The first-order valence-corrected chi connectivity index (χ1v) is 15.5. The highest BCUT2D eigenvalue weighted by Crippen LogP contribution is 2.65. The van der Waals surface area contributed by atoms with Gasteiger partial charge in [-0.1, -0.05) is 54.6 Å². The Hall–Kier alpha value is -4.35. The van der Waals surface area contributed by atoms with E-state index >= 15 is 0 Å². The fourth-order valence-electron chi connectivity index (χ4n) is 7.83. The number of anilines is 1. The molecule has 11 heteroatoms. The van der Waals surface area contributed by atoms with Crippen LogP contribution in [-0.2, 0) is 25.8 Å². The number of hydrogen-bond donors (Lipinski definition) is 1. The van der Waals surface area contributed by atoms with Crippen molar-refractivity contribution in [3.63, 3.8) is 0 Å². The monoisotopic (exact) mass is 612 g/mol. The molecule has 4 heterocycles. The van der Waals surface area contributed by atoms with Crippen molar-refractivity contribution in [2.45, 2.75) is 50.6 Å². The summed E-state index contributed by atoms with van der Waals surface area (Å²) in [6.45, 7) is 12.2. The highest BCUT2D eigenvalue weighted by molar-refractivity contribution is 6.03. The average molecular weight is 613 g/mol. The van der Waals surface area contributed by atoms with Gasteiger partial charge in [-0.2, -0.15) is 0 Å². The smallest absolute Gasteiger partial charge is 0.250 e. The largest absolute Gasteiger partial charge is 0.396 e. The van der Waals surface area contributed by atoms with Crippen LogP contribution in [0.15, 0.2) is 79.9 Å². The number of carbonyl (C=O) groups excluding carboxylic acids is 3. The van der Waals surface area contributed by atoms with Gasteiger partial charge in [0.2, 0.25) is 17.7 Å². The Morgan fingerprint density at radius 3 is 2.51 bits per heavy atom. The molecule has 3 aliphatic heterocycles. The molecular formula is C34H40N6O5. The average Bonchev–Trinajstić information content (AvgIpc) is 3.71. The lowest BCUT2D eigenvalue weighted by molar-refractivity contribution is -0.153. The van der Waals surface area contributed by atoms with Gasteiger partial charge in [0.15, 0.2) is 0 Å². The molecule has 45 heavy (non-hydrogen) atoms. The third kappa shape index (κ3) is 4.76. The molecule has 3 fully saturated rings. The standard InChI is InChI=1S/C34H40N6O5/c1-5-17-37(22-40-26-16-11-10-15-25(26)35-36-40)32(44)29-34-21-23(3)33(4,45-34)27(28(34)31(43)39(29)19-12-20-41)30(42)38(18-6-2)24-13-8-7-9-14-24/h5-11,13-16,23,27-29,41H,1-2,12,17-22H2,3-4H3/t23?,27-,28-,29?,33+,34?/m0/s1. The number of aromatic nitrogens is 3. The Morgan fingerprint density at radius 2 is 1.80 bits per heavy atom. The SMILES string of the molecule is C=CCN(Cn1nnc2ccccc21)C(=O)C1N(CCCO)C(=O)[C@@H]2[C@@H](C(=O)N(CC=C)c3ccccc3)[C@]3(C)OC12CC3C. The molecule has 6 rings (SSSR count). The number of aliphatic hydroxyl groups excluding tert-OH is 1. The molecule has 6 atom stereocenters. The van der Waals surface area contributed by atoms with Crippen LogP contribution in [0.4, 0.5) is 5.69 Å². The van der Waals surface area contributed by atoms with Crippen LogP contribution in [0.25, 0.3) is 11.0 Å². The predicted octanol–water partition coefficient (Wildman–Crippen LogP) is 3.02. The zero-order valence-electron chi connectivity index (χ0n) is 25.8. The van der Waals surface area contributed by atoms with Crippen LogP contribution in [0.3, 0.4) is 0 Å². The third-order valence-corrected chi connectivity index (χ3v) is 9.90. The van der Waals surface area contributed by atoms with Gasteiger partial charge in [-0.3, -0.25) is 14.4 Å². The lowest BCUT2D eigenvalue weighted by atomic mass is 9.62. The molecule has 3 unspecified atom stereocenters. The number of ether oxygens (including phenoxy) is 1. The van der Waals surface area contributed by atoms with E-state index in [4.69, 9.17) is 4.74 Å². The summed E-state index contributed by atoms with van der Waals surface area (Å²) < 4.78 is 8.57. The van der Waals surface area contributed by atoms with Crippen molar-refractivity contribution in [1.29, 1.82) is 0 Å². The minimum atomic E-state index is -1.22. The quantitative estimate of drug-likeness (QED) is 0.312. The van der Waals surface area contributed by atoms with Gasteiger partial charge in [0.05, 0.1) is 23.0 Å². The van der Waals surface area contributed by atoms with Gasteiger partial charge in [0.1, 0.15) is 23.8 Å². The van der Waals surface area contributed by atoms with Crippen molar-refractivity contribution >= 4 is 34.4 Å². The molecular weight excluding hydrogens is 572 g/mol. The highest BCUT2D eigenvalue weighted by Gasteiger charge is 2.80. The molecule has 1 N–H and O–H groups in total. The summed E-state index contributed by atoms with van der Waals surface area (Å²) >= 11 is 0. The first-order valence-electron chi connectivity index (χ1n) is 15.5. The number of aliphatic hydroxyl groups is 1. The van der Waals surface area contributed by atoms with Crippen LogP contribution in [0.2, 0.25) is 0 Å². The van der Waals surface area contributed by atoms with Gasteiger partial charge in [-0.05, 0) is 49.9 Å². The van der Waals surface area contributed by atoms with Crippen molar-refractivity contribution in [2.24, 2.45) is 17.8 Å². The fraction of sp³-hybridized carbons (Fsp3) is 0.441. The third-order valence-electron chi connectivity index (χ3n) is 9.90. The molecule has 3 aromatic rings. The van der Waals surface area contributed by atoms with E-state index < -0.39 is 29.1 Å². The molecule has 2 bridgehead atoms. The number of nitrogens with zero attached hydrogens (tertiary/aromatic N) is 6. The number of carbonyl (C=O) groups is 3. The second-order valence-corrected chi connectivity index (χ2v) is 12.5. The Labute approximate surface area is 262 Å².